The van der Waals surface area contributed by atoms with E-state index in [1.165, 1.54) is 5.56 Å². The molecule has 3 aromatic rings. The maximum Gasteiger partial charge on any atom is 0.230 e. The average Bonchev–Trinajstić information content (AvgIpc) is 2.85. The number of aryl methyl sites for hydroxylation is 1. The van der Waals surface area contributed by atoms with Crippen LogP contribution in [0, 0.1) is 6.92 Å². The molecule has 0 bridgehead atoms. The summed E-state index contributed by atoms with van der Waals surface area (Å²) < 4.78 is 6.01. The summed E-state index contributed by atoms with van der Waals surface area (Å²) in [5, 5.41) is 4.70. The first kappa shape index (κ1) is 14.2. The summed E-state index contributed by atoms with van der Waals surface area (Å²) >= 11 is 9.53. The van der Waals surface area contributed by atoms with E-state index in [0.717, 1.165) is 21.2 Å². The van der Waals surface area contributed by atoms with Crippen molar-refractivity contribution in [3.8, 4) is 22.4 Å². The number of hydrogen-bond donors (Lipinski definition) is 1. The van der Waals surface area contributed by atoms with Gasteiger partial charge in [0.15, 0.2) is 0 Å². The molecular weight excluding hydrogens is 352 g/mol. The molecule has 106 valence electrons. The van der Waals surface area contributed by atoms with E-state index >= 15 is 0 Å². The van der Waals surface area contributed by atoms with Gasteiger partial charge in [-0.1, -0.05) is 52.7 Å². The highest BCUT2D eigenvalue weighted by Crippen LogP contribution is 2.38. The van der Waals surface area contributed by atoms with Gasteiger partial charge < -0.3 is 10.3 Å². The Morgan fingerprint density at radius 2 is 1.76 bits per heavy atom. The van der Waals surface area contributed by atoms with Crippen molar-refractivity contribution in [2.24, 2.45) is 0 Å². The topological polar surface area (TPSA) is 52.0 Å². The van der Waals surface area contributed by atoms with E-state index in [0.29, 0.717) is 16.6 Å². The van der Waals surface area contributed by atoms with Crippen LogP contribution in [0.15, 0.2) is 51.5 Å². The molecule has 0 spiro atoms. The predicted octanol–water partition coefficient (Wildman–Crippen LogP) is 5.32. The maximum absolute atomic E-state index is 6.15. The van der Waals surface area contributed by atoms with Crippen LogP contribution in [0.25, 0.3) is 22.4 Å². The zero-order valence-electron chi connectivity index (χ0n) is 11.2. The number of rotatable bonds is 2. The van der Waals surface area contributed by atoms with E-state index in [-0.39, 0.29) is 0 Å². The fourth-order valence-corrected chi connectivity index (χ4v) is 2.57. The summed E-state index contributed by atoms with van der Waals surface area (Å²) in [5.74, 6) is 0.299. The van der Waals surface area contributed by atoms with E-state index in [1.807, 2.05) is 49.4 Å². The molecule has 3 nitrogen and oxygen atoms in total. The Bertz CT molecular complexity index is 797. The highest BCUT2D eigenvalue weighted by Gasteiger charge is 2.17. The fourth-order valence-electron chi connectivity index (χ4n) is 2.14. The minimum atomic E-state index is 0.299. The van der Waals surface area contributed by atoms with Gasteiger partial charge in [-0.2, -0.15) is 0 Å². The summed E-state index contributed by atoms with van der Waals surface area (Å²) in [6.45, 7) is 2.04. The molecule has 0 unspecified atom stereocenters. The van der Waals surface area contributed by atoms with Gasteiger partial charge in [0, 0.05) is 10.0 Å². The highest BCUT2D eigenvalue weighted by atomic mass is 79.9. The van der Waals surface area contributed by atoms with Crippen molar-refractivity contribution < 1.29 is 4.52 Å². The molecule has 21 heavy (non-hydrogen) atoms. The molecule has 0 amide bonds. The minimum Gasteiger partial charge on any atom is -0.367 e. The molecule has 2 aromatic carbocycles. The van der Waals surface area contributed by atoms with Gasteiger partial charge in [-0.15, -0.1) is 0 Å². The zero-order valence-corrected chi connectivity index (χ0v) is 13.6. The van der Waals surface area contributed by atoms with Crippen LogP contribution < -0.4 is 5.73 Å². The molecule has 1 heterocycles. The van der Waals surface area contributed by atoms with Crippen LogP contribution >= 0.6 is 27.5 Å². The number of halogens is 2. The summed E-state index contributed by atoms with van der Waals surface area (Å²) in [6, 6.07) is 13.7. The van der Waals surface area contributed by atoms with Gasteiger partial charge in [-0.3, -0.25) is 0 Å². The predicted molar refractivity (Wildman–Crippen MR) is 89.2 cm³/mol. The number of nitrogen functional groups attached to an aromatic ring is 1. The average molecular weight is 364 g/mol. The Balaban J connectivity index is 2.16. The molecule has 3 rings (SSSR count). The van der Waals surface area contributed by atoms with Crippen molar-refractivity contribution in [2.75, 3.05) is 5.73 Å². The molecule has 0 atom stereocenters. The van der Waals surface area contributed by atoms with Gasteiger partial charge >= 0.3 is 0 Å². The van der Waals surface area contributed by atoms with Crippen LogP contribution in [0.4, 0.5) is 5.88 Å². The van der Waals surface area contributed by atoms with E-state index < -0.39 is 0 Å². The first-order chi connectivity index (χ1) is 10.1. The summed E-state index contributed by atoms with van der Waals surface area (Å²) in [4.78, 5) is 0. The first-order valence-electron chi connectivity index (χ1n) is 6.34. The van der Waals surface area contributed by atoms with Gasteiger partial charge in [0.2, 0.25) is 5.88 Å². The Hall–Kier alpha value is -1.78. The SMILES string of the molecule is Cc1ccc(-c2c(-c3ccc(Br)c(Cl)c3)noc2N)cc1. The van der Waals surface area contributed by atoms with Crippen LogP contribution in [0.1, 0.15) is 5.56 Å². The van der Waals surface area contributed by atoms with Gasteiger partial charge in [0.05, 0.1) is 10.6 Å². The van der Waals surface area contributed by atoms with Crippen LogP contribution in [0.3, 0.4) is 0 Å². The Kier molecular flexibility index (Phi) is 3.74. The van der Waals surface area contributed by atoms with Crippen LogP contribution in [0.5, 0.6) is 0 Å². The third-order valence-corrected chi connectivity index (χ3v) is 4.48. The monoisotopic (exact) mass is 362 g/mol. The molecule has 0 saturated carbocycles. The second kappa shape index (κ2) is 5.54. The van der Waals surface area contributed by atoms with Gasteiger partial charge in [0.25, 0.3) is 0 Å². The van der Waals surface area contributed by atoms with Gasteiger partial charge in [-0.25, -0.2) is 0 Å². The number of anilines is 1. The zero-order chi connectivity index (χ0) is 15.0. The summed E-state index contributed by atoms with van der Waals surface area (Å²) in [7, 11) is 0. The number of hydrogen-bond acceptors (Lipinski definition) is 3. The van der Waals surface area contributed by atoms with Crippen LogP contribution in [-0.2, 0) is 0 Å². The van der Waals surface area contributed by atoms with Crippen molar-refractivity contribution in [3.05, 3.63) is 57.5 Å². The third kappa shape index (κ3) is 2.69. The standard InChI is InChI=1S/C16H12BrClN2O/c1-9-2-4-10(5-3-9)14-15(20-21-16(14)19)11-6-7-12(17)13(18)8-11/h2-8H,19H2,1H3. The summed E-state index contributed by atoms with van der Waals surface area (Å²) in [6.07, 6.45) is 0. The number of aromatic nitrogens is 1. The van der Waals surface area contributed by atoms with Crippen LogP contribution in [-0.4, -0.2) is 5.16 Å². The van der Waals surface area contributed by atoms with E-state index in [1.54, 1.807) is 0 Å². The van der Waals surface area contributed by atoms with E-state index in [9.17, 15) is 0 Å². The number of nitrogens with zero attached hydrogens (tertiary/aromatic N) is 1. The van der Waals surface area contributed by atoms with E-state index in [2.05, 4.69) is 21.1 Å². The third-order valence-electron chi connectivity index (χ3n) is 3.25. The van der Waals surface area contributed by atoms with E-state index in [4.69, 9.17) is 21.9 Å². The molecule has 0 saturated heterocycles. The fraction of sp³-hybridized carbons (Fsp3) is 0.0625. The largest absolute Gasteiger partial charge is 0.367 e. The highest BCUT2D eigenvalue weighted by molar-refractivity contribution is 9.10. The summed E-state index contributed by atoms with van der Waals surface area (Å²) in [5.41, 5.74) is 10.4. The molecule has 0 fully saturated rings. The molecule has 2 N–H and O–H groups in total. The van der Waals surface area contributed by atoms with Crippen molar-refractivity contribution in [1.82, 2.24) is 5.16 Å². The smallest absolute Gasteiger partial charge is 0.230 e. The number of benzene rings is 2. The lowest BCUT2D eigenvalue weighted by Crippen LogP contribution is -1.88. The molecular formula is C16H12BrClN2O. The van der Waals surface area contributed by atoms with Crippen LogP contribution in [0.2, 0.25) is 5.02 Å². The van der Waals surface area contributed by atoms with Gasteiger partial charge in [-0.05, 0) is 40.5 Å². The second-order valence-electron chi connectivity index (χ2n) is 4.77. The van der Waals surface area contributed by atoms with Gasteiger partial charge in [0.1, 0.15) is 5.69 Å². The molecule has 0 radical (unpaired) electrons. The minimum absolute atomic E-state index is 0.299. The first-order valence-corrected chi connectivity index (χ1v) is 7.51. The van der Waals surface area contributed by atoms with Crippen molar-refractivity contribution in [1.29, 1.82) is 0 Å². The number of nitrogens with two attached hydrogens (primary N) is 1. The molecule has 1 aromatic heterocycles. The quantitative estimate of drug-likeness (QED) is 0.671. The Labute approximate surface area is 135 Å². The molecule has 0 aliphatic carbocycles. The van der Waals surface area contributed by atoms with Crippen molar-refractivity contribution in [3.63, 3.8) is 0 Å². The maximum atomic E-state index is 6.15. The molecule has 0 aliphatic rings. The lowest BCUT2D eigenvalue weighted by atomic mass is 10.00. The molecule has 0 aliphatic heterocycles. The Morgan fingerprint density at radius 3 is 2.43 bits per heavy atom. The lowest BCUT2D eigenvalue weighted by molar-refractivity contribution is 0.439. The second-order valence-corrected chi connectivity index (χ2v) is 6.03. The lowest BCUT2D eigenvalue weighted by Gasteiger charge is -2.05. The normalized spacial score (nSPS) is 10.8. The Morgan fingerprint density at radius 1 is 1.10 bits per heavy atom. The molecule has 5 heteroatoms. The van der Waals surface area contributed by atoms with Crippen molar-refractivity contribution >= 4 is 33.4 Å². The van der Waals surface area contributed by atoms with Crippen molar-refractivity contribution in [2.45, 2.75) is 6.92 Å².